The summed E-state index contributed by atoms with van der Waals surface area (Å²) in [7, 11) is 2.72. The minimum absolute atomic E-state index is 0.00316. The van der Waals surface area contributed by atoms with Crippen LogP contribution in [0.2, 0.25) is 18.1 Å². The predicted octanol–water partition coefficient (Wildman–Crippen LogP) is 4.85. The van der Waals surface area contributed by atoms with Gasteiger partial charge in [-0.3, -0.25) is 4.79 Å². The van der Waals surface area contributed by atoms with Gasteiger partial charge in [-0.2, -0.15) is 0 Å². The number of aliphatic hydroxyl groups excluding tert-OH is 1. The normalized spacial score (nSPS) is 14.6. The molecule has 0 unspecified atom stereocenters. The lowest BCUT2D eigenvalue weighted by Crippen LogP contribution is -2.48. The van der Waals surface area contributed by atoms with Crippen LogP contribution in [0.5, 0.6) is 17.2 Å². The Labute approximate surface area is 217 Å². The number of benzene rings is 2. The minimum atomic E-state index is -2.16. The largest absolute Gasteiger partial charge is 0.541 e. The van der Waals surface area contributed by atoms with Crippen molar-refractivity contribution in [3.8, 4) is 17.2 Å². The summed E-state index contributed by atoms with van der Waals surface area (Å²) in [6, 6.07) is 9.90. The molecular formula is C28H44N2O5Si. The zero-order valence-corrected chi connectivity index (χ0v) is 24.5. The number of methoxy groups -OCH3 is 2. The van der Waals surface area contributed by atoms with E-state index in [1.807, 2.05) is 50.2 Å². The van der Waals surface area contributed by atoms with Gasteiger partial charge in [0.1, 0.15) is 11.5 Å². The van der Waals surface area contributed by atoms with Crippen LogP contribution in [0, 0.1) is 6.92 Å². The molecule has 0 aliphatic heterocycles. The predicted molar refractivity (Wildman–Crippen MR) is 147 cm³/mol. The van der Waals surface area contributed by atoms with Gasteiger partial charge in [0, 0.05) is 24.6 Å². The van der Waals surface area contributed by atoms with Crippen molar-refractivity contribution in [2.24, 2.45) is 5.73 Å². The zero-order valence-electron chi connectivity index (χ0n) is 23.5. The summed E-state index contributed by atoms with van der Waals surface area (Å²) < 4.78 is 18.0. The first-order valence-corrected chi connectivity index (χ1v) is 15.3. The molecule has 2 aromatic carbocycles. The molecule has 2 rings (SSSR count). The zero-order chi connectivity index (χ0) is 27.4. The first-order valence-electron chi connectivity index (χ1n) is 12.3. The highest BCUT2D eigenvalue weighted by Gasteiger charge is 2.40. The van der Waals surface area contributed by atoms with Crippen LogP contribution in [0.25, 0.3) is 0 Å². The van der Waals surface area contributed by atoms with Gasteiger partial charge >= 0.3 is 0 Å². The van der Waals surface area contributed by atoms with Crippen molar-refractivity contribution in [3.05, 3.63) is 53.1 Å². The average molecular weight is 517 g/mol. The molecule has 0 spiro atoms. The van der Waals surface area contributed by atoms with Crippen LogP contribution in [0.3, 0.4) is 0 Å². The van der Waals surface area contributed by atoms with Crippen molar-refractivity contribution >= 4 is 14.2 Å². The number of carbonyl (C=O) groups is 1. The molecule has 0 aliphatic rings. The number of carbonyl (C=O) groups excluding carboxylic acids is 1. The van der Waals surface area contributed by atoms with Gasteiger partial charge in [-0.05, 0) is 43.6 Å². The number of amides is 1. The fourth-order valence-corrected chi connectivity index (χ4v) is 4.95. The number of likely N-dealkylation sites (N-methyl/N-ethyl adjacent to an activating group) is 1. The molecule has 0 saturated carbocycles. The number of nitrogens with zero attached hydrogens (tertiary/aromatic N) is 1. The van der Waals surface area contributed by atoms with E-state index in [4.69, 9.17) is 19.6 Å². The number of ether oxygens (including phenoxy) is 2. The number of hydrogen-bond donors (Lipinski definition) is 2. The lowest BCUT2D eigenvalue weighted by atomic mass is 9.98. The molecular weight excluding hydrogens is 472 g/mol. The van der Waals surface area contributed by atoms with Crippen LogP contribution in [0.4, 0.5) is 0 Å². The van der Waals surface area contributed by atoms with E-state index in [0.29, 0.717) is 17.2 Å². The molecule has 36 heavy (non-hydrogen) atoms. The van der Waals surface area contributed by atoms with E-state index in [0.717, 1.165) is 16.7 Å². The van der Waals surface area contributed by atoms with Gasteiger partial charge in [0.25, 0.3) is 8.32 Å². The van der Waals surface area contributed by atoms with Gasteiger partial charge in [0.15, 0.2) is 5.75 Å². The van der Waals surface area contributed by atoms with Crippen molar-refractivity contribution in [1.82, 2.24) is 4.90 Å². The molecule has 200 valence electrons. The Bertz CT molecular complexity index is 1040. The van der Waals surface area contributed by atoms with Crippen molar-refractivity contribution in [1.29, 1.82) is 0 Å². The Hall–Kier alpha value is -2.55. The van der Waals surface area contributed by atoms with E-state index in [1.165, 1.54) is 4.90 Å². The monoisotopic (exact) mass is 516 g/mol. The van der Waals surface area contributed by atoms with Gasteiger partial charge in [-0.1, -0.05) is 51.1 Å². The van der Waals surface area contributed by atoms with Crippen LogP contribution in [0.1, 0.15) is 50.5 Å². The molecule has 1 amide bonds. The second-order valence-electron chi connectivity index (χ2n) is 10.9. The Balaban J connectivity index is 2.34. The van der Waals surface area contributed by atoms with Crippen LogP contribution < -0.4 is 19.6 Å². The first kappa shape index (κ1) is 29.7. The van der Waals surface area contributed by atoms with Crippen molar-refractivity contribution < 1.29 is 23.8 Å². The lowest BCUT2D eigenvalue weighted by Gasteiger charge is -2.37. The van der Waals surface area contributed by atoms with Crippen LogP contribution in [-0.4, -0.2) is 57.6 Å². The summed E-state index contributed by atoms with van der Waals surface area (Å²) in [6.45, 7) is 14.6. The number of rotatable bonds is 10. The Kier molecular flexibility index (Phi) is 9.62. The molecule has 0 aliphatic carbocycles. The summed E-state index contributed by atoms with van der Waals surface area (Å²) in [5.41, 5.74) is 8.75. The molecule has 0 fully saturated rings. The van der Waals surface area contributed by atoms with E-state index in [9.17, 15) is 9.90 Å². The molecule has 0 bridgehead atoms. The van der Waals surface area contributed by atoms with Crippen molar-refractivity contribution in [3.63, 3.8) is 0 Å². The van der Waals surface area contributed by atoms with Gasteiger partial charge in [0.05, 0.1) is 32.4 Å². The number of nitrogens with two attached hydrogens (primary N) is 1. The fraction of sp³-hybridized carbons (Fsp3) is 0.536. The average Bonchev–Trinajstić information content (AvgIpc) is 2.82. The Morgan fingerprint density at radius 2 is 1.67 bits per heavy atom. The quantitative estimate of drug-likeness (QED) is 0.439. The minimum Gasteiger partial charge on any atom is -0.541 e. The number of aliphatic hydroxyl groups is 1. The highest BCUT2D eigenvalue weighted by Crippen LogP contribution is 2.44. The SMILES string of the molecule is COc1c(C[C@@H](N)C(=O)N(C)[C@@H](C)[C@@H](O)c2ccccc2)cc(O[Si](C)(C)C(C)(C)C)c(OC)c1C. The molecule has 2 aromatic rings. The van der Waals surface area contributed by atoms with E-state index in [-0.39, 0.29) is 17.4 Å². The first-order chi connectivity index (χ1) is 16.7. The van der Waals surface area contributed by atoms with E-state index in [2.05, 4.69) is 33.9 Å². The summed E-state index contributed by atoms with van der Waals surface area (Å²) in [5, 5.41) is 10.8. The maximum atomic E-state index is 13.3. The summed E-state index contributed by atoms with van der Waals surface area (Å²) >= 11 is 0. The van der Waals surface area contributed by atoms with Crippen LogP contribution >= 0.6 is 0 Å². The van der Waals surface area contributed by atoms with Gasteiger partial charge in [0.2, 0.25) is 5.91 Å². The Morgan fingerprint density at radius 1 is 1.11 bits per heavy atom. The highest BCUT2D eigenvalue weighted by molar-refractivity contribution is 6.74. The van der Waals surface area contributed by atoms with E-state index < -0.39 is 26.5 Å². The molecule has 0 saturated heterocycles. The molecule has 0 heterocycles. The second-order valence-corrected chi connectivity index (χ2v) is 15.7. The van der Waals surface area contributed by atoms with Gasteiger partial charge in [-0.25, -0.2) is 0 Å². The van der Waals surface area contributed by atoms with Gasteiger partial charge < -0.3 is 29.6 Å². The maximum Gasteiger partial charge on any atom is 0.250 e. The third-order valence-corrected chi connectivity index (χ3v) is 11.7. The van der Waals surface area contributed by atoms with E-state index in [1.54, 1.807) is 21.3 Å². The van der Waals surface area contributed by atoms with Crippen molar-refractivity contribution in [2.75, 3.05) is 21.3 Å². The molecule has 8 heteroatoms. The molecule has 0 aromatic heterocycles. The third-order valence-electron chi connectivity index (χ3n) is 7.40. The second kappa shape index (κ2) is 11.7. The Morgan fingerprint density at radius 3 is 2.17 bits per heavy atom. The van der Waals surface area contributed by atoms with Crippen LogP contribution in [0.15, 0.2) is 36.4 Å². The molecule has 7 nitrogen and oxygen atoms in total. The molecule has 0 radical (unpaired) electrons. The number of hydrogen-bond acceptors (Lipinski definition) is 6. The van der Waals surface area contributed by atoms with E-state index >= 15 is 0 Å². The lowest BCUT2D eigenvalue weighted by molar-refractivity contribution is -0.135. The standard InChI is InChI=1S/C28H44N2O5Si/c1-18-25(33-7)21(17-23(26(18)34-8)35-36(9,10)28(3,4)5)16-22(29)27(32)30(6)19(2)24(31)20-14-12-11-13-15-20/h11-15,17,19,22,24,31H,16,29H2,1-10H3/t19-,22+,24+/m0/s1. The third kappa shape index (κ3) is 6.41. The molecule has 3 atom stereocenters. The maximum absolute atomic E-state index is 13.3. The fourth-order valence-electron chi connectivity index (χ4n) is 3.94. The smallest absolute Gasteiger partial charge is 0.250 e. The topological polar surface area (TPSA) is 94.3 Å². The molecule has 3 N–H and O–H groups in total. The highest BCUT2D eigenvalue weighted by atomic mass is 28.4. The summed E-state index contributed by atoms with van der Waals surface area (Å²) in [5.74, 6) is 1.62. The summed E-state index contributed by atoms with van der Waals surface area (Å²) in [4.78, 5) is 14.8. The summed E-state index contributed by atoms with van der Waals surface area (Å²) in [6.07, 6.45) is -0.575. The van der Waals surface area contributed by atoms with Crippen molar-refractivity contribution in [2.45, 2.75) is 77.4 Å². The van der Waals surface area contributed by atoms with Gasteiger partial charge in [-0.15, -0.1) is 0 Å². The van der Waals surface area contributed by atoms with Crippen LogP contribution in [-0.2, 0) is 11.2 Å².